The van der Waals surface area contributed by atoms with Gasteiger partial charge in [0.05, 0.1) is 5.69 Å². The first kappa shape index (κ1) is 14.9. The van der Waals surface area contributed by atoms with E-state index in [9.17, 15) is 4.79 Å². The Balaban J connectivity index is 2.64. The maximum Gasteiger partial charge on any atom is 0.227 e. The molecule has 0 fully saturated rings. The van der Waals surface area contributed by atoms with E-state index in [2.05, 4.69) is 43.8 Å². The van der Waals surface area contributed by atoms with Crippen LogP contribution in [0.5, 0.6) is 0 Å². The van der Waals surface area contributed by atoms with Crippen molar-refractivity contribution in [3.63, 3.8) is 0 Å². The minimum atomic E-state index is -0.0108. The van der Waals surface area contributed by atoms with Crippen molar-refractivity contribution in [2.75, 3.05) is 11.9 Å². The average Bonchev–Trinajstić information content (AvgIpc) is 2.30. The van der Waals surface area contributed by atoms with Crippen molar-refractivity contribution in [2.45, 2.75) is 19.8 Å². The zero-order chi connectivity index (χ0) is 12.8. The molecule has 94 valence electrons. The lowest BCUT2D eigenvalue weighted by Crippen LogP contribution is -2.21. The maximum absolute atomic E-state index is 11.9. The molecule has 1 aromatic rings. The van der Waals surface area contributed by atoms with Crippen molar-refractivity contribution < 1.29 is 4.79 Å². The number of benzene rings is 1. The summed E-state index contributed by atoms with van der Waals surface area (Å²) in [6.45, 7) is 2.55. The van der Waals surface area contributed by atoms with Gasteiger partial charge in [-0.25, -0.2) is 0 Å². The Morgan fingerprint density at radius 3 is 2.94 bits per heavy atom. The van der Waals surface area contributed by atoms with Gasteiger partial charge in [0.1, 0.15) is 0 Å². The Bertz CT molecular complexity index is 398. The molecule has 0 aliphatic heterocycles. The third-order valence-corrected chi connectivity index (χ3v) is 3.84. The molecule has 0 aliphatic rings. The number of carbonyl (C=O) groups excluding carboxylic acids is 1. The van der Waals surface area contributed by atoms with Gasteiger partial charge in [-0.05, 0) is 76.1 Å². The summed E-state index contributed by atoms with van der Waals surface area (Å²) in [5.41, 5.74) is 6.25. The highest BCUT2D eigenvalue weighted by molar-refractivity contribution is 14.1. The number of hydrogen-bond acceptors (Lipinski definition) is 2. The second kappa shape index (κ2) is 7.33. The van der Waals surface area contributed by atoms with Crippen LogP contribution in [0, 0.1) is 9.49 Å². The molecule has 1 atom stereocenters. The molecule has 0 saturated heterocycles. The van der Waals surface area contributed by atoms with Gasteiger partial charge in [-0.2, -0.15) is 0 Å². The third kappa shape index (κ3) is 4.93. The Kier molecular flexibility index (Phi) is 6.43. The lowest BCUT2D eigenvalue weighted by Gasteiger charge is -2.13. The highest BCUT2D eigenvalue weighted by atomic mass is 127. The van der Waals surface area contributed by atoms with E-state index in [1.54, 1.807) is 0 Å². The van der Waals surface area contributed by atoms with Crippen LogP contribution in [0.4, 0.5) is 5.69 Å². The van der Waals surface area contributed by atoms with Crippen molar-refractivity contribution in [3.05, 3.63) is 26.2 Å². The molecule has 5 heteroatoms. The van der Waals surface area contributed by atoms with Gasteiger partial charge in [-0.15, -0.1) is 0 Å². The maximum atomic E-state index is 11.9. The predicted molar refractivity (Wildman–Crippen MR) is 82.9 cm³/mol. The summed E-state index contributed by atoms with van der Waals surface area (Å²) >= 11 is 5.64. The van der Waals surface area contributed by atoms with Crippen molar-refractivity contribution in [1.29, 1.82) is 0 Å². The van der Waals surface area contributed by atoms with Gasteiger partial charge in [0, 0.05) is 14.0 Å². The first-order valence-electron chi connectivity index (χ1n) is 5.50. The first-order chi connectivity index (χ1) is 8.04. The van der Waals surface area contributed by atoms with Crippen LogP contribution in [0.25, 0.3) is 0 Å². The summed E-state index contributed by atoms with van der Waals surface area (Å²) < 4.78 is 1.99. The SMILES string of the molecule is CC(CCCN)C(=O)Nc1cc(I)ccc1Br. The fourth-order valence-corrected chi connectivity index (χ4v) is 2.24. The standard InChI is InChI=1S/C12H16BrIN2O/c1-8(3-2-6-15)12(17)16-11-7-9(14)4-5-10(11)13/h4-5,7-8H,2-3,6,15H2,1H3,(H,16,17). The molecule has 0 heterocycles. The normalized spacial score (nSPS) is 12.2. The molecule has 17 heavy (non-hydrogen) atoms. The van der Waals surface area contributed by atoms with Crippen LogP contribution in [0.3, 0.4) is 0 Å². The number of hydrogen-bond donors (Lipinski definition) is 2. The monoisotopic (exact) mass is 410 g/mol. The largest absolute Gasteiger partial charge is 0.330 e. The summed E-state index contributed by atoms with van der Waals surface area (Å²) in [6, 6.07) is 5.86. The zero-order valence-electron chi connectivity index (χ0n) is 9.67. The van der Waals surface area contributed by atoms with E-state index in [4.69, 9.17) is 5.73 Å². The van der Waals surface area contributed by atoms with Gasteiger partial charge in [0.15, 0.2) is 0 Å². The summed E-state index contributed by atoms with van der Waals surface area (Å²) in [7, 11) is 0. The molecule has 1 amide bonds. The Labute approximate surface area is 124 Å². The van der Waals surface area contributed by atoms with E-state index < -0.39 is 0 Å². The van der Waals surface area contributed by atoms with Gasteiger partial charge in [-0.3, -0.25) is 4.79 Å². The first-order valence-corrected chi connectivity index (χ1v) is 7.37. The molecule has 3 N–H and O–H groups in total. The fraction of sp³-hybridized carbons (Fsp3) is 0.417. The van der Waals surface area contributed by atoms with E-state index in [0.29, 0.717) is 6.54 Å². The Hall–Kier alpha value is -0.140. The van der Waals surface area contributed by atoms with Crippen LogP contribution in [-0.4, -0.2) is 12.5 Å². The van der Waals surface area contributed by atoms with Crippen LogP contribution in [-0.2, 0) is 4.79 Å². The van der Waals surface area contributed by atoms with E-state index >= 15 is 0 Å². The van der Waals surface area contributed by atoms with E-state index in [-0.39, 0.29) is 11.8 Å². The smallest absolute Gasteiger partial charge is 0.227 e. The van der Waals surface area contributed by atoms with Gasteiger partial charge in [-0.1, -0.05) is 6.92 Å². The number of nitrogens with two attached hydrogens (primary N) is 1. The van der Waals surface area contributed by atoms with Crippen LogP contribution in [0.1, 0.15) is 19.8 Å². The predicted octanol–water partition coefficient (Wildman–Crippen LogP) is 3.37. The number of carbonyl (C=O) groups is 1. The lowest BCUT2D eigenvalue weighted by atomic mass is 10.0. The number of anilines is 1. The zero-order valence-corrected chi connectivity index (χ0v) is 13.4. The quantitative estimate of drug-likeness (QED) is 0.731. The van der Waals surface area contributed by atoms with Crippen LogP contribution in [0.2, 0.25) is 0 Å². The molecule has 0 radical (unpaired) electrons. The summed E-state index contributed by atoms with van der Waals surface area (Å²) in [4.78, 5) is 11.9. The van der Waals surface area contributed by atoms with E-state index in [0.717, 1.165) is 26.6 Å². The number of halogens is 2. The second-order valence-corrected chi connectivity index (χ2v) is 6.05. The summed E-state index contributed by atoms with van der Waals surface area (Å²) in [6.07, 6.45) is 1.70. The fourth-order valence-electron chi connectivity index (χ4n) is 1.40. The van der Waals surface area contributed by atoms with Crippen molar-refractivity contribution in [2.24, 2.45) is 11.7 Å². The van der Waals surface area contributed by atoms with E-state index in [1.165, 1.54) is 0 Å². The molecule has 0 bridgehead atoms. The van der Waals surface area contributed by atoms with Crippen molar-refractivity contribution in [1.82, 2.24) is 0 Å². The van der Waals surface area contributed by atoms with Gasteiger partial charge in [0.25, 0.3) is 0 Å². The number of nitrogens with one attached hydrogen (secondary N) is 1. The molecule has 1 rings (SSSR count). The number of rotatable bonds is 5. The van der Waals surface area contributed by atoms with Gasteiger partial charge in [0.2, 0.25) is 5.91 Å². The molecule has 0 saturated carbocycles. The van der Waals surface area contributed by atoms with Crippen molar-refractivity contribution >= 4 is 50.1 Å². The molecule has 0 aliphatic carbocycles. The molecular weight excluding hydrogens is 395 g/mol. The molecule has 3 nitrogen and oxygen atoms in total. The average molecular weight is 411 g/mol. The molecule has 0 spiro atoms. The minimum Gasteiger partial charge on any atom is -0.330 e. The summed E-state index contributed by atoms with van der Waals surface area (Å²) in [5, 5.41) is 2.93. The highest BCUT2D eigenvalue weighted by Crippen LogP contribution is 2.25. The van der Waals surface area contributed by atoms with E-state index in [1.807, 2.05) is 25.1 Å². The lowest BCUT2D eigenvalue weighted by molar-refractivity contribution is -0.119. The minimum absolute atomic E-state index is 0.0108. The van der Waals surface area contributed by atoms with Crippen molar-refractivity contribution in [3.8, 4) is 0 Å². The topological polar surface area (TPSA) is 55.1 Å². The van der Waals surface area contributed by atoms with Gasteiger partial charge >= 0.3 is 0 Å². The molecule has 0 aromatic heterocycles. The van der Waals surface area contributed by atoms with Crippen LogP contribution >= 0.6 is 38.5 Å². The Morgan fingerprint density at radius 1 is 1.59 bits per heavy atom. The number of amides is 1. The van der Waals surface area contributed by atoms with Gasteiger partial charge < -0.3 is 11.1 Å². The highest BCUT2D eigenvalue weighted by Gasteiger charge is 2.13. The second-order valence-electron chi connectivity index (χ2n) is 3.95. The molecule has 1 aromatic carbocycles. The summed E-state index contributed by atoms with van der Waals surface area (Å²) in [5.74, 6) is 0.0319. The molecular formula is C12H16BrIN2O. The van der Waals surface area contributed by atoms with Crippen LogP contribution < -0.4 is 11.1 Å². The Morgan fingerprint density at radius 2 is 2.29 bits per heavy atom. The van der Waals surface area contributed by atoms with Crippen LogP contribution in [0.15, 0.2) is 22.7 Å². The third-order valence-electron chi connectivity index (χ3n) is 2.48. The molecule has 1 unspecified atom stereocenters.